The number of pyridine rings is 1. The second-order valence-corrected chi connectivity index (χ2v) is 22.6. The Bertz CT molecular complexity index is 3670. The molecule has 0 aliphatic carbocycles. The van der Waals surface area contributed by atoms with E-state index in [2.05, 4.69) is 240 Å². The van der Waals surface area contributed by atoms with Gasteiger partial charge in [-0.25, -0.2) is 4.98 Å². The monoisotopic (exact) mass is 1110 g/mol. The summed E-state index contributed by atoms with van der Waals surface area (Å²) in [6.07, 6.45) is 1.93. The first-order valence-electron chi connectivity index (χ1n) is 24.7. The van der Waals surface area contributed by atoms with E-state index in [4.69, 9.17) is 9.97 Å². The molecule has 5 heteroatoms. The Hall–Kier alpha value is -6.61. The van der Waals surface area contributed by atoms with Gasteiger partial charge in [-0.1, -0.05) is 181 Å². The Morgan fingerprint density at radius 1 is 0.549 bits per heavy atom. The Morgan fingerprint density at radius 3 is 1.80 bits per heavy atom. The number of benzene rings is 8. The van der Waals surface area contributed by atoms with Gasteiger partial charge in [-0.3, -0.25) is 9.55 Å². The molecule has 4 nitrogen and oxygen atoms in total. The average Bonchev–Trinajstić information content (AvgIpc) is 3.70. The van der Waals surface area contributed by atoms with Crippen LogP contribution < -0.4 is 0 Å². The third-order valence-electron chi connectivity index (χ3n) is 14.3. The summed E-state index contributed by atoms with van der Waals surface area (Å²) in [5.41, 5.74) is 19.7. The molecule has 10 aromatic rings. The van der Waals surface area contributed by atoms with E-state index >= 15 is 0 Å². The molecule has 360 valence electrons. The first kappa shape index (κ1) is 49.4. The molecule has 0 atom stereocenters. The molecule has 0 bridgehead atoms. The summed E-state index contributed by atoms with van der Waals surface area (Å²) >= 11 is 0. The average molecular weight is 1110 g/mol. The Morgan fingerprint density at radius 2 is 1.17 bits per heavy atom. The van der Waals surface area contributed by atoms with Gasteiger partial charge in [0.25, 0.3) is 0 Å². The van der Waals surface area contributed by atoms with Gasteiger partial charge in [-0.2, -0.15) is 0 Å². The topological polar surface area (TPSA) is 50.9 Å². The Kier molecular flexibility index (Phi) is 12.7. The summed E-state index contributed by atoms with van der Waals surface area (Å²) < 4.78 is 2.31. The normalized spacial score (nSPS) is 12.2. The molecule has 2 aromatic heterocycles. The quantitative estimate of drug-likeness (QED) is 0.133. The molecule has 0 fully saturated rings. The van der Waals surface area contributed by atoms with Crippen LogP contribution in [0, 0.1) is 33.8 Å². The van der Waals surface area contributed by atoms with E-state index in [1.165, 1.54) is 38.9 Å². The zero-order chi connectivity index (χ0) is 49.6. The number of phenols is 1. The maximum atomic E-state index is 12.8. The SMILES string of the molecule is Cc1cc(C)c(-c2ccnc(-c3[c-]c4c(cc3)c(C)c(-c3ccccc3)c3ccc5c(nc(-c6cc(C(C)(C)C)cc(C(C)(C)C)c6O)n5-c5ccc(C(C)(C)C)cc5-c5ccccc5)c34)c2)c(C)c1.[Pt]. The fourth-order valence-corrected chi connectivity index (χ4v) is 10.7. The predicted molar refractivity (Wildman–Crippen MR) is 297 cm³/mol. The smallest absolute Gasteiger partial charge is 0.148 e. The van der Waals surface area contributed by atoms with Gasteiger partial charge in [0, 0.05) is 44.1 Å². The second kappa shape index (κ2) is 18.2. The maximum absolute atomic E-state index is 12.8. The predicted octanol–water partition coefficient (Wildman–Crippen LogP) is 17.7. The van der Waals surface area contributed by atoms with Crippen LogP contribution in [-0.2, 0) is 37.3 Å². The molecule has 1 N–H and O–H groups in total. The molecule has 0 saturated heterocycles. The molecular weight excluding hydrogens is 1050 g/mol. The van der Waals surface area contributed by atoms with E-state index in [-0.39, 0.29) is 43.1 Å². The fourth-order valence-electron chi connectivity index (χ4n) is 10.7. The largest absolute Gasteiger partial charge is 0.507 e. The molecule has 8 aromatic carbocycles. The molecule has 0 saturated carbocycles. The summed E-state index contributed by atoms with van der Waals surface area (Å²) in [6, 6.07) is 54.4. The summed E-state index contributed by atoms with van der Waals surface area (Å²) in [5.74, 6) is 0.931. The third kappa shape index (κ3) is 8.84. The molecular formula is C66H64N3OPt-. The van der Waals surface area contributed by atoms with Gasteiger partial charge in [-0.15, -0.1) is 23.6 Å². The summed E-state index contributed by atoms with van der Waals surface area (Å²) in [7, 11) is 0. The number of phenolic OH excluding ortho intramolecular Hbond substituents is 1. The maximum Gasteiger partial charge on any atom is 0.148 e. The first-order valence-corrected chi connectivity index (χ1v) is 24.7. The van der Waals surface area contributed by atoms with Crippen LogP contribution in [0.4, 0.5) is 0 Å². The molecule has 0 unspecified atom stereocenters. The number of fused-ring (bicyclic) bond motifs is 5. The summed E-state index contributed by atoms with van der Waals surface area (Å²) in [5, 5.41) is 17.0. The van der Waals surface area contributed by atoms with Gasteiger partial charge in [0.2, 0.25) is 0 Å². The van der Waals surface area contributed by atoms with Gasteiger partial charge < -0.3 is 5.11 Å². The van der Waals surface area contributed by atoms with Crippen LogP contribution in [0.5, 0.6) is 5.75 Å². The molecule has 0 spiro atoms. The van der Waals surface area contributed by atoms with Crippen molar-refractivity contribution in [3.8, 4) is 67.5 Å². The van der Waals surface area contributed by atoms with Crippen molar-refractivity contribution >= 4 is 32.6 Å². The van der Waals surface area contributed by atoms with Crippen LogP contribution in [0.15, 0.2) is 146 Å². The number of hydrogen-bond acceptors (Lipinski definition) is 3. The third-order valence-corrected chi connectivity index (χ3v) is 14.3. The van der Waals surface area contributed by atoms with Crippen LogP contribution in [0.2, 0.25) is 0 Å². The molecule has 0 amide bonds. The number of aryl methyl sites for hydroxylation is 4. The van der Waals surface area contributed by atoms with Crippen molar-refractivity contribution in [3.63, 3.8) is 0 Å². The van der Waals surface area contributed by atoms with Crippen molar-refractivity contribution in [2.75, 3.05) is 0 Å². The van der Waals surface area contributed by atoms with Crippen molar-refractivity contribution in [2.24, 2.45) is 0 Å². The van der Waals surface area contributed by atoms with Crippen LogP contribution in [0.3, 0.4) is 0 Å². The van der Waals surface area contributed by atoms with E-state index in [9.17, 15) is 5.11 Å². The number of imidazole rings is 1. The molecule has 0 aliphatic rings. The number of aromatic nitrogens is 3. The van der Waals surface area contributed by atoms with Crippen LogP contribution in [-0.4, -0.2) is 19.6 Å². The van der Waals surface area contributed by atoms with Crippen LogP contribution in [0.1, 0.15) is 101 Å². The molecule has 71 heavy (non-hydrogen) atoms. The van der Waals surface area contributed by atoms with Gasteiger partial charge in [0.15, 0.2) is 0 Å². The first-order chi connectivity index (χ1) is 33.2. The standard InChI is InChI=1S/C66H64N3O.Pt/c1-39-32-40(2)58(41(3)33-39)46-30-31-67-55(35-46)45-24-26-49-42(4)59(44-22-18-15-19-23-44)50-27-29-57-61(60(50)52(49)34-45)68-63(53-37-48(65(8,9)10)38-54(62(53)70)66(11,12)13)69(57)56-28-25-47(64(5,6)7)36-51(56)43-20-16-14-17-21-43;/h14-33,35-38,70H,1-13H3;/q-1;. The number of hydrogen-bond donors (Lipinski definition) is 1. The zero-order valence-corrected chi connectivity index (χ0v) is 45.7. The van der Waals surface area contributed by atoms with Gasteiger partial charge in [0.05, 0.1) is 22.3 Å². The van der Waals surface area contributed by atoms with Crippen LogP contribution in [0.25, 0.3) is 94.3 Å². The molecule has 0 aliphatic heterocycles. The Labute approximate surface area is 435 Å². The van der Waals surface area contributed by atoms with Crippen molar-refractivity contribution in [1.82, 2.24) is 14.5 Å². The van der Waals surface area contributed by atoms with Crippen molar-refractivity contribution in [2.45, 2.75) is 106 Å². The Balaban J connectivity index is 0.00000624. The zero-order valence-electron chi connectivity index (χ0n) is 43.5. The van der Waals surface area contributed by atoms with Gasteiger partial charge in [0.1, 0.15) is 11.6 Å². The van der Waals surface area contributed by atoms with E-state index in [1.807, 2.05) is 6.20 Å². The number of nitrogens with zero attached hydrogens (tertiary/aromatic N) is 3. The van der Waals surface area contributed by atoms with Crippen molar-refractivity contribution in [1.29, 1.82) is 0 Å². The molecule has 10 rings (SSSR count). The van der Waals surface area contributed by atoms with Gasteiger partial charge >= 0.3 is 0 Å². The van der Waals surface area contributed by atoms with Gasteiger partial charge in [-0.05, 0) is 135 Å². The van der Waals surface area contributed by atoms with Crippen molar-refractivity contribution in [3.05, 3.63) is 191 Å². The fraction of sp³-hybridized carbons (Fsp3) is 0.242. The van der Waals surface area contributed by atoms with E-state index in [0.29, 0.717) is 11.4 Å². The molecule has 0 radical (unpaired) electrons. The minimum atomic E-state index is -0.348. The molecule has 2 heterocycles. The van der Waals surface area contributed by atoms with E-state index < -0.39 is 0 Å². The number of aromatic hydroxyl groups is 1. The minimum Gasteiger partial charge on any atom is -0.507 e. The van der Waals surface area contributed by atoms with E-state index in [0.717, 1.165) is 82.9 Å². The minimum absolute atomic E-state index is 0. The van der Waals surface area contributed by atoms with Crippen molar-refractivity contribution < 1.29 is 26.2 Å². The number of rotatable bonds is 6. The second-order valence-electron chi connectivity index (χ2n) is 22.6. The summed E-state index contributed by atoms with van der Waals surface area (Å²) in [4.78, 5) is 10.9. The van der Waals surface area contributed by atoms with Crippen LogP contribution >= 0.6 is 0 Å². The van der Waals surface area contributed by atoms with E-state index in [1.54, 1.807) is 0 Å². The summed E-state index contributed by atoms with van der Waals surface area (Å²) in [6.45, 7) is 28.8.